The first-order valence-electron chi connectivity index (χ1n) is 9.87. The third-order valence-corrected chi connectivity index (χ3v) is 5.60. The standard InChI is InChI=1S/C21H28N4O2/c1-24-10-7-17(8-11-24)21(26)22-13-19-20-18(9-12-27-19)15-25(23-20)14-16-5-3-2-4-6-16/h2-6,15,17,19H,7-14H2,1H3,(H,22,26). The van der Waals surface area contributed by atoms with Crippen molar-refractivity contribution in [3.05, 3.63) is 53.3 Å². The average Bonchev–Trinajstić information content (AvgIpc) is 3.10. The second-order valence-electron chi connectivity index (χ2n) is 7.65. The minimum atomic E-state index is -0.152. The zero-order valence-corrected chi connectivity index (χ0v) is 15.9. The molecule has 0 radical (unpaired) electrons. The van der Waals surface area contributed by atoms with Crippen LogP contribution in [0.2, 0.25) is 0 Å². The summed E-state index contributed by atoms with van der Waals surface area (Å²) in [6.45, 7) is 3.92. The van der Waals surface area contributed by atoms with Gasteiger partial charge in [0.25, 0.3) is 0 Å². The van der Waals surface area contributed by atoms with Crippen molar-refractivity contribution in [3.8, 4) is 0 Å². The van der Waals surface area contributed by atoms with Gasteiger partial charge < -0.3 is 15.0 Å². The van der Waals surface area contributed by atoms with Gasteiger partial charge >= 0.3 is 0 Å². The molecule has 0 saturated carbocycles. The van der Waals surface area contributed by atoms with Crippen LogP contribution in [0, 0.1) is 5.92 Å². The summed E-state index contributed by atoms with van der Waals surface area (Å²) in [5, 5.41) is 7.87. The SMILES string of the molecule is CN1CCC(C(=O)NCC2OCCc3cn(Cc4ccccc4)nc32)CC1. The van der Waals surface area contributed by atoms with E-state index in [4.69, 9.17) is 9.84 Å². The van der Waals surface area contributed by atoms with Crippen LogP contribution in [-0.4, -0.2) is 53.9 Å². The van der Waals surface area contributed by atoms with Crippen LogP contribution >= 0.6 is 0 Å². The summed E-state index contributed by atoms with van der Waals surface area (Å²) in [6, 6.07) is 10.3. The van der Waals surface area contributed by atoms with Gasteiger partial charge in [0.15, 0.2) is 0 Å². The van der Waals surface area contributed by atoms with E-state index in [0.29, 0.717) is 13.2 Å². The zero-order chi connectivity index (χ0) is 18.6. The maximum absolute atomic E-state index is 12.5. The quantitative estimate of drug-likeness (QED) is 0.877. The summed E-state index contributed by atoms with van der Waals surface area (Å²) in [7, 11) is 2.11. The molecule has 2 aliphatic rings. The monoisotopic (exact) mass is 368 g/mol. The van der Waals surface area contributed by atoms with Crippen molar-refractivity contribution in [2.45, 2.75) is 31.9 Å². The third-order valence-electron chi connectivity index (χ3n) is 5.60. The lowest BCUT2D eigenvalue weighted by molar-refractivity contribution is -0.127. The van der Waals surface area contributed by atoms with Gasteiger partial charge in [0.05, 0.1) is 18.8 Å². The molecule has 1 fully saturated rings. The highest BCUT2D eigenvalue weighted by molar-refractivity contribution is 5.78. The van der Waals surface area contributed by atoms with Gasteiger partial charge in [-0.2, -0.15) is 5.10 Å². The highest BCUT2D eigenvalue weighted by Crippen LogP contribution is 2.26. The maximum Gasteiger partial charge on any atom is 0.223 e. The van der Waals surface area contributed by atoms with E-state index in [0.717, 1.165) is 44.6 Å². The fourth-order valence-corrected chi connectivity index (χ4v) is 3.95. The number of aromatic nitrogens is 2. The summed E-state index contributed by atoms with van der Waals surface area (Å²) in [4.78, 5) is 14.8. The van der Waals surface area contributed by atoms with E-state index in [1.54, 1.807) is 0 Å². The Morgan fingerprint density at radius 1 is 1.26 bits per heavy atom. The molecule has 1 saturated heterocycles. The molecule has 2 aromatic rings. The van der Waals surface area contributed by atoms with Crippen LogP contribution in [-0.2, 0) is 22.5 Å². The van der Waals surface area contributed by atoms with Crippen LogP contribution in [0.25, 0.3) is 0 Å². The Bertz CT molecular complexity index is 766. The molecule has 2 aliphatic heterocycles. The summed E-state index contributed by atoms with van der Waals surface area (Å²) in [5.74, 6) is 0.280. The topological polar surface area (TPSA) is 59.4 Å². The number of rotatable bonds is 5. The van der Waals surface area contributed by atoms with E-state index in [-0.39, 0.29) is 17.9 Å². The summed E-state index contributed by atoms with van der Waals surface area (Å²) >= 11 is 0. The first-order valence-corrected chi connectivity index (χ1v) is 9.87. The first kappa shape index (κ1) is 18.2. The number of benzene rings is 1. The minimum Gasteiger partial charge on any atom is -0.370 e. The minimum absolute atomic E-state index is 0.125. The number of carbonyl (C=O) groups excluding carboxylic acids is 1. The summed E-state index contributed by atoms with van der Waals surface area (Å²) in [5.41, 5.74) is 3.43. The highest BCUT2D eigenvalue weighted by atomic mass is 16.5. The molecule has 27 heavy (non-hydrogen) atoms. The van der Waals surface area contributed by atoms with Gasteiger partial charge in [-0.05, 0) is 50.5 Å². The number of fused-ring (bicyclic) bond motifs is 1. The molecule has 1 atom stereocenters. The van der Waals surface area contributed by atoms with Crippen LogP contribution in [0.15, 0.2) is 36.5 Å². The normalized spacial score (nSPS) is 21.0. The lowest BCUT2D eigenvalue weighted by Crippen LogP contribution is -2.40. The van der Waals surface area contributed by atoms with E-state index >= 15 is 0 Å². The predicted octanol–water partition coefficient (Wildman–Crippen LogP) is 2.00. The molecule has 6 heteroatoms. The number of piperidine rings is 1. The van der Waals surface area contributed by atoms with Crippen LogP contribution in [0.1, 0.15) is 35.8 Å². The fourth-order valence-electron chi connectivity index (χ4n) is 3.95. The Kier molecular flexibility index (Phi) is 5.55. The lowest BCUT2D eigenvalue weighted by Gasteiger charge is -2.29. The number of likely N-dealkylation sites (tertiary alicyclic amines) is 1. The predicted molar refractivity (Wildman–Crippen MR) is 103 cm³/mol. The van der Waals surface area contributed by atoms with E-state index < -0.39 is 0 Å². The summed E-state index contributed by atoms with van der Waals surface area (Å²) < 4.78 is 7.91. The van der Waals surface area contributed by atoms with Crippen molar-refractivity contribution in [2.24, 2.45) is 5.92 Å². The summed E-state index contributed by atoms with van der Waals surface area (Å²) in [6.07, 6.45) is 4.72. The van der Waals surface area contributed by atoms with Crippen LogP contribution < -0.4 is 5.32 Å². The first-order chi connectivity index (χ1) is 13.2. The van der Waals surface area contributed by atoms with Crippen molar-refractivity contribution in [1.82, 2.24) is 20.0 Å². The Labute approximate surface area is 160 Å². The number of amides is 1. The molecule has 1 aromatic heterocycles. The number of nitrogens with zero attached hydrogens (tertiary/aromatic N) is 3. The van der Waals surface area contributed by atoms with Crippen LogP contribution in [0.5, 0.6) is 0 Å². The van der Waals surface area contributed by atoms with Crippen LogP contribution in [0.3, 0.4) is 0 Å². The molecule has 144 valence electrons. The van der Waals surface area contributed by atoms with E-state index in [1.807, 2.05) is 22.9 Å². The van der Waals surface area contributed by atoms with Gasteiger partial charge in [0, 0.05) is 18.7 Å². The molecule has 0 aliphatic carbocycles. The molecule has 4 rings (SSSR count). The number of hydrogen-bond donors (Lipinski definition) is 1. The second kappa shape index (κ2) is 8.23. The van der Waals surface area contributed by atoms with Crippen molar-refractivity contribution >= 4 is 5.91 Å². The maximum atomic E-state index is 12.5. The Balaban J connectivity index is 1.37. The molecule has 0 bridgehead atoms. The molecule has 1 unspecified atom stereocenters. The molecule has 3 heterocycles. The largest absolute Gasteiger partial charge is 0.370 e. The van der Waals surface area contributed by atoms with Crippen molar-refractivity contribution in [1.29, 1.82) is 0 Å². The molecule has 1 amide bonds. The smallest absolute Gasteiger partial charge is 0.223 e. The Hall–Kier alpha value is -2.18. The fraction of sp³-hybridized carbons (Fsp3) is 0.524. The molecular formula is C21H28N4O2. The van der Waals surface area contributed by atoms with Gasteiger partial charge in [-0.15, -0.1) is 0 Å². The van der Waals surface area contributed by atoms with Crippen molar-refractivity contribution < 1.29 is 9.53 Å². The molecular weight excluding hydrogens is 340 g/mol. The Morgan fingerprint density at radius 2 is 2.04 bits per heavy atom. The number of carbonyl (C=O) groups is 1. The highest BCUT2D eigenvalue weighted by Gasteiger charge is 2.28. The average molecular weight is 368 g/mol. The van der Waals surface area contributed by atoms with Crippen molar-refractivity contribution in [3.63, 3.8) is 0 Å². The molecule has 0 spiro atoms. The lowest BCUT2D eigenvalue weighted by atomic mass is 9.96. The van der Waals surface area contributed by atoms with E-state index in [9.17, 15) is 4.79 Å². The van der Waals surface area contributed by atoms with E-state index in [2.05, 4.69) is 35.6 Å². The molecule has 6 nitrogen and oxygen atoms in total. The van der Waals surface area contributed by atoms with Gasteiger partial charge in [-0.3, -0.25) is 9.48 Å². The van der Waals surface area contributed by atoms with Gasteiger partial charge in [0.2, 0.25) is 5.91 Å². The number of nitrogens with one attached hydrogen (secondary N) is 1. The molecule has 1 aromatic carbocycles. The zero-order valence-electron chi connectivity index (χ0n) is 15.9. The van der Waals surface area contributed by atoms with Gasteiger partial charge in [-0.25, -0.2) is 0 Å². The van der Waals surface area contributed by atoms with Crippen LogP contribution in [0.4, 0.5) is 0 Å². The van der Waals surface area contributed by atoms with Crippen molar-refractivity contribution in [2.75, 3.05) is 33.3 Å². The second-order valence-corrected chi connectivity index (χ2v) is 7.65. The number of ether oxygens (including phenoxy) is 1. The Morgan fingerprint density at radius 3 is 2.81 bits per heavy atom. The molecule has 1 N–H and O–H groups in total. The van der Waals surface area contributed by atoms with Gasteiger partial charge in [-0.1, -0.05) is 30.3 Å². The van der Waals surface area contributed by atoms with E-state index in [1.165, 1.54) is 11.1 Å². The number of hydrogen-bond acceptors (Lipinski definition) is 4. The third kappa shape index (κ3) is 4.39. The van der Waals surface area contributed by atoms with Gasteiger partial charge in [0.1, 0.15) is 6.10 Å².